The van der Waals surface area contributed by atoms with Gasteiger partial charge in [-0.05, 0) is 35.4 Å². The van der Waals surface area contributed by atoms with E-state index in [9.17, 15) is 13.6 Å². The molecule has 27 heavy (non-hydrogen) atoms. The van der Waals surface area contributed by atoms with Crippen LogP contribution in [0, 0.1) is 12.3 Å². The number of benzene rings is 2. The lowest BCUT2D eigenvalue weighted by Crippen LogP contribution is -2.18. The quantitative estimate of drug-likeness (QED) is 0.702. The molecule has 0 aliphatic carbocycles. The lowest BCUT2D eigenvalue weighted by atomic mass is 10.0. The number of carboxylic acids is 1. The van der Waals surface area contributed by atoms with E-state index in [-0.39, 0.29) is 17.7 Å². The Bertz CT molecular complexity index is 882. The minimum atomic E-state index is -3.23. The summed E-state index contributed by atoms with van der Waals surface area (Å²) in [5.41, 5.74) is 0.390. The molecule has 0 aromatic heterocycles. The van der Waals surface area contributed by atoms with E-state index in [1.807, 2.05) is 0 Å². The van der Waals surface area contributed by atoms with Crippen LogP contribution in [-0.2, 0) is 6.42 Å². The van der Waals surface area contributed by atoms with Gasteiger partial charge in [0.25, 0.3) is 5.92 Å². The Balaban J connectivity index is 2.21. The molecule has 4 nitrogen and oxygen atoms in total. The molecule has 0 heterocycles. The molecule has 2 aromatic carbocycles. The molecule has 2 rings (SSSR count). The Hall–Kier alpha value is -3.33. The Kier molecular flexibility index (Phi) is 6.56. The number of rotatable bonds is 8. The molecular weight excluding hydrogens is 354 g/mol. The average Bonchev–Trinajstić information content (AvgIpc) is 2.64. The maximum absolute atomic E-state index is 14.3. The molecule has 0 amide bonds. The van der Waals surface area contributed by atoms with Crippen molar-refractivity contribution in [3.05, 3.63) is 65.2 Å². The van der Waals surface area contributed by atoms with Gasteiger partial charge in [0.2, 0.25) is 0 Å². The van der Waals surface area contributed by atoms with Crippen molar-refractivity contribution >= 4 is 12.0 Å². The van der Waals surface area contributed by atoms with E-state index in [2.05, 4.69) is 5.92 Å². The van der Waals surface area contributed by atoms with Gasteiger partial charge in [-0.1, -0.05) is 36.3 Å². The Morgan fingerprint density at radius 2 is 2.00 bits per heavy atom. The van der Waals surface area contributed by atoms with Crippen molar-refractivity contribution < 1.29 is 28.2 Å². The summed E-state index contributed by atoms with van der Waals surface area (Å²) in [6.07, 6.45) is 6.41. The number of hydrogen-bond donors (Lipinski definition) is 1. The first-order valence-electron chi connectivity index (χ1n) is 7.99. The number of allylic oxidation sites excluding steroid dienone is 1. The lowest BCUT2D eigenvalue weighted by Gasteiger charge is -2.14. The number of carboxylic acid groups (broad SMARTS) is 1. The highest BCUT2D eigenvalue weighted by Gasteiger charge is 2.27. The summed E-state index contributed by atoms with van der Waals surface area (Å²) in [5.74, 6) is -1.37. The van der Waals surface area contributed by atoms with Gasteiger partial charge >= 0.3 is 5.97 Å². The molecule has 140 valence electrons. The van der Waals surface area contributed by atoms with Crippen molar-refractivity contribution in [3.63, 3.8) is 0 Å². The topological polar surface area (TPSA) is 55.8 Å². The summed E-state index contributed by atoms with van der Waals surface area (Å²) < 4.78 is 39.1. The van der Waals surface area contributed by atoms with Crippen molar-refractivity contribution in [3.8, 4) is 23.8 Å². The third-order valence-electron chi connectivity index (χ3n) is 3.69. The molecule has 0 aliphatic rings. The fourth-order valence-electron chi connectivity index (χ4n) is 2.44. The first-order valence-corrected chi connectivity index (χ1v) is 7.99. The van der Waals surface area contributed by atoms with Crippen LogP contribution in [0.1, 0.15) is 21.5 Å². The SMILES string of the molecule is C#CCOc1cc(/C=C/C(F)(F)Cc2ccccc2C(=O)O)ccc1OC. The third-order valence-corrected chi connectivity index (χ3v) is 3.69. The van der Waals surface area contributed by atoms with Gasteiger partial charge in [0.1, 0.15) is 6.61 Å². The summed E-state index contributed by atoms with van der Waals surface area (Å²) in [6, 6.07) is 10.4. The standard InChI is InChI=1S/C21H18F2O4/c1-3-12-27-19-13-15(8-9-18(19)26-2)10-11-21(22,23)14-16-6-4-5-7-17(16)20(24)25/h1,4-11,13H,12,14H2,2H3,(H,24,25)/b11-10+. The van der Waals surface area contributed by atoms with Crippen LogP contribution >= 0.6 is 0 Å². The second kappa shape index (κ2) is 8.86. The van der Waals surface area contributed by atoms with E-state index >= 15 is 0 Å². The molecule has 0 bridgehead atoms. The van der Waals surface area contributed by atoms with Crippen LogP contribution in [-0.4, -0.2) is 30.7 Å². The van der Waals surface area contributed by atoms with E-state index in [0.717, 1.165) is 6.08 Å². The van der Waals surface area contributed by atoms with E-state index in [4.69, 9.17) is 21.0 Å². The summed E-state index contributed by atoms with van der Waals surface area (Å²) >= 11 is 0. The van der Waals surface area contributed by atoms with Crippen LogP contribution in [0.15, 0.2) is 48.5 Å². The first kappa shape index (κ1) is 20.0. The van der Waals surface area contributed by atoms with E-state index in [1.54, 1.807) is 12.1 Å². The Morgan fingerprint density at radius 3 is 2.67 bits per heavy atom. The van der Waals surface area contributed by atoms with E-state index < -0.39 is 18.3 Å². The van der Waals surface area contributed by atoms with Crippen LogP contribution in [0.5, 0.6) is 11.5 Å². The van der Waals surface area contributed by atoms with E-state index in [1.165, 1.54) is 43.5 Å². The zero-order chi connectivity index (χ0) is 19.9. The van der Waals surface area contributed by atoms with Crippen LogP contribution < -0.4 is 9.47 Å². The predicted molar refractivity (Wildman–Crippen MR) is 98.4 cm³/mol. The monoisotopic (exact) mass is 372 g/mol. The van der Waals surface area contributed by atoms with Gasteiger partial charge in [-0.15, -0.1) is 6.42 Å². The molecule has 0 saturated heterocycles. The van der Waals surface area contributed by atoms with Crippen molar-refractivity contribution in [2.45, 2.75) is 12.3 Å². The number of alkyl halides is 2. The molecule has 0 fully saturated rings. The number of terminal acetylenes is 1. The number of carbonyl (C=O) groups is 1. The molecule has 2 aromatic rings. The molecule has 1 N–H and O–H groups in total. The van der Waals surface area contributed by atoms with Gasteiger partial charge in [-0.25, -0.2) is 13.6 Å². The van der Waals surface area contributed by atoms with Gasteiger partial charge in [-0.3, -0.25) is 0 Å². The van der Waals surface area contributed by atoms with Gasteiger partial charge in [-0.2, -0.15) is 0 Å². The van der Waals surface area contributed by atoms with Crippen molar-refractivity contribution in [1.29, 1.82) is 0 Å². The average molecular weight is 372 g/mol. The second-order valence-electron chi connectivity index (χ2n) is 5.64. The summed E-state index contributed by atoms with van der Waals surface area (Å²) in [4.78, 5) is 11.2. The van der Waals surface area contributed by atoms with Crippen molar-refractivity contribution in [2.75, 3.05) is 13.7 Å². The Labute approximate surface area is 156 Å². The fraction of sp³-hybridized carbons (Fsp3) is 0.190. The fourth-order valence-corrected chi connectivity index (χ4v) is 2.44. The zero-order valence-corrected chi connectivity index (χ0v) is 14.6. The molecular formula is C21H18F2O4. The second-order valence-corrected chi connectivity index (χ2v) is 5.64. The predicted octanol–water partition coefficient (Wildman–Crippen LogP) is 4.30. The lowest BCUT2D eigenvalue weighted by molar-refractivity contribution is 0.0557. The van der Waals surface area contributed by atoms with Crippen molar-refractivity contribution in [1.82, 2.24) is 0 Å². The molecule has 0 atom stereocenters. The van der Waals surface area contributed by atoms with Crippen LogP contribution in [0.4, 0.5) is 8.78 Å². The zero-order valence-electron chi connectivity index (χ0n) is 14.6. The van der Waals surface area contributed by atoms with Crippen LogP contribution in [0.25, 0.3) is 6.08 Å². The Morgan fingerprint density at radius 1 is 1.26 bits per heavy atom. The van der Waals surface area contributed by atoms with Gasteiger partial charge < -0.3 is 14.6 Å². The summed E-state index contributed by atoms with van der Waals surface area (Å²) in [6.45, 7) is 0.0195. The molecule has 6 heteroatoms. The summed E-state index contributed by atoms with van der Waals surface area (Å²) in [7, 11) is 1.46. The number of methoxy groups -OCH3 is 1. The smallest absolute Gasteiger partial charge is 0.335 e. The molecule has 0 spiro atoms. The van der Waals surface area contributed by atoms with Gasteiger partial charge in [0.05, 0.1) is 12.7 Å². The largest absolute Gasteiger partial charge is 0.493 e. The normalized spacial score (nSPS) is 11.2. The maximum atomic E-state index is 14.3. The maximum Gasteiger partial charge on any atom is 0.335 e. The first-order chi connectivity index (χ1) is 12.9. The molecule has 0 saturated carbocycles. The van der Waals surface area contributed by atoms with Crippen molar-refractivity contribution in [2.24, 2.45) is 0 Å². The number of ether oxygens (including phenoxy) is 2. The van der Waals surface area contributed by atoms with Gasteiger partial charge in [0, 0.05) is 6.42 Å². The van der Waals surface area contributed by atoms with Gasteiger partial charge in [0.15, 0.2) is 11.5 Å². The molecule has 0 radical (unpaired) electrons. The van der Waals surface area contributed by atoms with Crippen LogP contribution in [0.3, 0.4) is 0 Å². The number of halogens is 2. The number of aromatic carboxylic acids is 1. The highest BCUT2D eigenvalue weighted by molar-refractivity contribution is 5.89. The minimum absolute atomic E-state index is 0.0195. The van der Waals surface area contributed by atoms with Crippen LogP contribution in [0.2, 0.25) is 0 Å². The summed E-state index contributed by atoms with van der Waals surface area (Å²) in [5, 5.41) is 9.12. The number of hydrogen-bond acceptors (Lipinski definition) is 3. The third kappa shape index (κ3) is 5.58. The molecule has 0 aliphatic heterocycles. The van der Waals surface area contributed by atoms with E-state index in [0.29, 0.717) is 17.1 Å². The highest BCUT2D eigenvalue weighted by Crippen LogP contribution is 2.30. The highest BCUT2D eigenvalue weighted by atomic mass is 19.3. The molecule has 0 unspecified atom stereocenters. The minimum Gasteiger partial charge on any atom is -0.493 e.